The quantitative estimate of drug-likeness (QED) is 0.754. The van der Waals surface area contributed by atoms with E-state index in [1.54, 1.807) is 12.3 Å². The SMILES string of the molecule is CN(Cc1ccccc1OC(F)(F)F)C(=O)NCc1ccnc(N2CCCCC2)c1. The highest BCUT2D eigenvalue weighted by atomic mass is 19.4. The number of benzene rings is 1. The zero-order chi connectivity index (χ0) is 21.6. The third kappa shape index (κ3) is 6.27. The summed E-state index contributed by atoms with van der Waals surface area (Å²) >= 11 is 0. The predicted molar refractivity (Wildman–Crippen MR) is 107 cm³/mol. The number of hydrogen-bond donors (Lipinski definition) is 1. The number of ether oxygens (including phenoxy) is 1. The zero-order valence-corrected chi connectivity index (χ0v) is 16.8. The number of halogens is 3. The highest BCUT2D eigenvalue weighted by Crippen LogP contribution is 2.27. The Morgan fingerprint density at radius 3 is 2.67 bits per heavy atom. The Kier molecular flexibility index (Phi) is 7.02. The molecule has 1 N–H and O–H groups in total. The van der Waals surface area contributed by atoms with Crippen LogP contribution < -0.4 is 15.0 Å². The smallest absolute Gasteiger partial charge is 0.405 e. The van der Waals surface area contributed by atoms with E-state index in [4.69, 9.17) is 0 Å². The van der Waals surface area contributed by atoms with Gasteiger partial charge in [0.1, 0.15) is 11.6 Å². The second-order valence-electron chi connectivity index (χ2n) is 7.24. The number of nitrogens with one attached hydrogen (secondary N) is 1. The van der Waals surface area contributed by atoms with E-state index in [-0.39, 0.29) is 17.9 Å². The molecule has 162 valence electrons. The molecule has 2 amide bonds. The van der Waals surface area contributed by atoms with Crippen LogP contribution in [0.2, 0.25) is 0 Å². The molecule has 0 radical (unpaired) electrons. The summed E-state index contributed by atoms with van der Waals surface area (Å²) < 4.78 is 41.8. The molecular weight excluding hydrogens is 397 g/mol. The van der Waals surface area contributed by atoms with Crippen molar-refractivity contribution in [3.63, 3.8) is 0 Å². The summed E-state index contributed by atoms with van der Waals surface area (Å²) in [6.07, 6.45) is 0.458. The fourth-order valence-corrected chi connectivity index (χ4v) is 3.37. The molecule has 2 aromatic rings. The molecule has 6 nitrogen and oxygen atoms in total. The van der Waals surface area contributed by atoms with E-state index < -0.39 is 12.4 Å². The van der Waals surface area contributed by atoms with Crippen LogP contribution in [-0.2, 0) is 13.1 Å². The van der Waals surface area contributed by atoms with Gasteiger partial charge in [0.2, 0.25) is 0 Å². The first kappa shape index (κ1) is 21.7. The van der Waals surface area contributed by atoms with Crippen molar-refractivity contribution in [1.29, 1.82) is 0 Å². The Balaban J connectivity index is 1.57. The monoisotopic (exact) mass is 422 g/mol. The van der Waals surface area contributed by atoms with Crippen LogP contribution >= 0.6 is 0 Å². The highest BCUT2D eigenvalue weighted by Gasteiger charge is 2.32. The summed E-state index contributed by atoms with van der Waals surface area (Å²) in [5.41, 5.74) is 1.18. The summed E-state index contributed by atoms with van der Waals surface area (Å²) in [7, 11) is 1.52. The lowest BCUT2D eigenvalue weighted by molar-refractivity contribution is -0.275. The van der Waals surface area contributed by atoms with Gasteiger partial charge in [-0.15, -0.1) is 13.2 Å². The van der Waals surface area contributed by atoms with E-state index in [1.807, 2.05) is 12.1 Å². The molecule has 1 aromatic carbocycles. The number of amides is 2. The standard InChI is InChI=1S/C21H25F3N4O2/c1-27(15-17-7-3-4-8-18(17)30-21(22,23)24)20(29)26-14-16-9-10-25-19(13-16)28-11-5-2-6-12-28/h3-4,7-10,13H,2,5-6,11-12,14-15H2,1H3,(H,26,29). The Morgan fingerprint density at radius 2 is 1.93 bits per heavy atom. The van der Waals surface area contributed by atoms with Crippen molar-refractivity contribution >= 4 is 11.8 Å². The summed E-state index contributed by atoms with van der Waals surface area (Å²) in [4.78, 5) is 20.4. The lowest BCUT2D eigenvalue weighted by Gasteiger charge is -2.28. The minimum atomic E-state index is -4.79. The van der Waals surface area contributed by atoms with Crippen LogP contribution in [0.15, 0.2) is 42.6 Å². The van der Waals surface area contributed by atoms with Gasteiger partial charge in [0, 0.05) is 38.4 Å². The molecule has 0 spiro atoms. The lowest BCUT2D eigenvalue weighted by atomic mass is 10.1. The number of para-hydroxylation sites is 1. The van der Waals surface area contributed by atoms with Crippen molar-refractivity contribution in [2.75, 3.05) is 25.0 Å². The van der Waals surface area contributed by atoms with Gasteiger partial charge in [0.15, 0.2) is 0 Å². The Hall–Kier alpha value is -2.97. The maximum atomic E-state index is 12.6. The molecule has 0 aliphatic carbocycles. The van der Waals surface area contributed by atoms with E-state index in [9.17, 15) is 18.0 Å². The molecule has 0 bridgehead atoms. The minimum absolute atomic E-state index is 0.0204. The molecule has 1 aliphatic heterocycles. The van der Waals surface area contributed by atoms with Crippen LogP contribution in [0, 0.1) is 0 Å². The van der Waals surface area contributed by atoms with Gasteiger partial charge in [-0.2, -0.15) is 0 Å². The van der Waals surface area contributed by atoms with Crippen molar-refractivity contribution in [1.82, 2.24) is 15.2 Å². The third-order valence-electron chi connectivity index (χ3n) is 4.89. The first-order chi connectivity index (χ1) is 14.3. The topological polar surface area (TPSA) is 57.7 Å². The van der Waals surface area contributed by atoms with Gasteiger partial charge in [-0.1, -0.05) is 18.2 Å². The number of rotatable bonds is 6. The van der Waals surface area contributed by atoms with Crippen LogP contribution in [0.25, 0.3) is 0 Å². The van der Waals surface area contributed by atoms with E-state index in [2.05, 4.69) is 19.9 Å². The maximum absolute atomic E-state index is 12.6. The van der Waals surface area contributed by atoms with Crippen molar-refractivity contribution in [2.24, 2.45) is 0 Å². The van der Waals surface area contributed by atoms with Gasteiger partial charge in [0.05, 0.1) is 6.54 Å². The minimum Gasteiger partial charge on any atom is -0.405 e. The molecule has 1 aliphatic rings. The Labute approximate surface area is 173 Å². The largest absolute Gasteiger partial charge is 0.573 e. The number of alkyl halides is 3. The molecule has 30 heavy (non-hydrogen) atoms. The summed E-state index contributed by atoms with van der Waals surface area (Å²) in [6.45, 7) is 2.23. The first-order valence-corrected chi connectivity index (χ1v) is 9.84. The van der Waals surface area contributed by atoms with Crippen molar-refractivity contribution < 1.29 is 22.7 Å². The summed E-state index contributed by atoms with van der Waals surface area (Å²) in [6, 6.07) is 9.18. The zero-order valence-electron chi connectivity index (χ0n) is 16.8. The van der Waals surface area contributed by atoms with Crippen molar-refractivity contribution in [3.05, 3.63) is 53.7 Å². The fourth-order valence-electron chi connectivity index (χ4n) is 3.37. The number of carbonyl (C=O) groups is 1. The van der Waals surface area contributed by atoms with Crippen LogP contribution in [0.3, 0.4) is 0 Å². The number of aromatic nitrogens is 1. The lowest BCUT2D eigenvalue weighted by Crippen LogP contribution is -2.36. The van der Waals surface area contributed by atoms with Gasteiger partial charge in [-0.05, 0) is 43.0 Å². The van der Waals surface area contributed by atoms with E-state index >= 15 is 0 Å². The second-order valence-corrected chi connectivity index (χ2v) is 7.24. The fraction of sp³-hybridized carbons (Fsp3) is 0.429. The number of piperidine rings is 1. The third-order valence-corrected chi connectivity index (χ3v) is 4.89. The average Bonchev–Trinajstić information content (AvgIpc) is 2.73. The molecule has 3 rings (SSSR count). The van der Waals surface area contributed by atoms with Crippen LogP contribution in [0.4, 0.5) is 23.8 Å². The molecular formula is C21H25F3N4O2. The number of urea groups is 1. The predicted octanol–water partition coefficient (Wildman–Crippen LogP) is 4.31. The average molecular weight is 422 g/mol. The van der Waals surface area contributed by atoms with E-state index in [0.717, 1.165) is 37.3 Å². The molecule has 0 saturated carbocycles. The summed E-state index contributed by atoms with van der Waals surface area (Å²) in [5, 5.41) is 2.79. The second kappa shape index (κ2) is 9.69. The van der Waals surface area contributed by atoms with Gasteiger partial charge >= 0.3 is 12.4 Å². The number of pyridine rings is 1. The van der Waals surface area contributed by atoms with Gasteiger partial charge in [0.25, 0.3) is 0 Å². The molecule has 1 saturated heterocycles. The van der Waals surface area contributed by atoms with E-state index in [0.29, 0.717) is 6.54 Å². The number of carbonyl (C=O) groups excluding carboxylic acids is 1. The van der Waals surface area contributed by atoms with Crippen LogP contribution in [-0.4, -0.2) is 42.4 Å². The molecule has 9 heteroatoms. The molecule has 1 aromatic heterocycles. The Morgan fingerprint density at radius 1 is 1.20 bits per heavy atom. The number of anilines is 1. The highest BCUT2D eigenvalue weighted by molar-refractivity contribution is 5.74. The van der Waals surface area contributed by atoms with E-state index in [1.165, 1.54) is 36.6 Å². The van der Waals surface area contributed by atoms with Gasteiger partial charge in [-0.3, -0.25) is 0 Å². The molecule has 0 unspecified atom stereocenters. The maximum Gasteiger partial charge on any atom is 0.573 e. The number of hydrogen-bond acceptors (Lipinski definition) is 4. The van der Waals surface area contributed by atoms with Crippen LogP contribution in [0.1, 0.15) is 30.4 Å². The first-order valence-electron chi connectivity index (χ1n) is 9.84. The summed E-state index contributed by atoms with van der Waals surface area (Å²) in [5.74, 6) is 0.581. The normalized spacial score (nSPS) is 14.3. The molecule has 0 atom stereocenters. The van der Waals surface area contributed by atoms with Crippen molar-refractivity contribution in [3.8, 4) is 5.75 Å². The number of nitrogens with zero attached hydrogens (tertiary/aromatic N) is 3. The van der Waals surface area contributed by atoms with Gasteiger partial charge in [-0.25, -0.2) is 9.78 Å². The van der Waals surface area contributed by atoms with Crippen LogP contribution in [0.5, 0.6) is 5.75 Å². The van der Waals surface area contributed by atoms with Gasteiger partial charge < -0.3 is 19.9 Å². The molecule has 1 fully saturated rings. The Bertz CT molecular complexity index is 854. The van der Waals surface area contributed by atoms with Crippen molar-refractivity contribution in [2.45, 2.75) is 38.7 Å². The molecule has 2 heterocycles.